The van der Waals surface area contributed by atoms with Gasteiger partial charge >= 0.3 is 0 Å². The number of hydrogen-bond acceptors (Lipinski definition) is 7. The lowest BCUT2D eigenvalue weighted by Crippen LogP contribution is -2.42. The highest BCUT2D eigenvalue weighted by Crippen LogP contribution is 2.17. The van der Waals surface area contributed by atoms with Crippen LogP contribution in [0.2, 0.25) is 0 Å². The van der Waals surface area contributed by atoms with Gasteiger partial charge in [0.2, 0.25) is 0 Å². The summed E-state index contributed by atoms with van der Waals surface area (Å²) in [6.07, 6.45) is 25.9. The van der Waals surface area contributed by atoms with Crippen molar-refractivity contribution in [3.63, 3.8) is 0 Å². The number of carbonyl (C=O) groups is 2. The molecule has 1 rings (SSSR count). The number of aliphatic hydroxyl groups is 1. The summed E-state index contributed by atoms with van der Waals surface area (Å²) in [4.78, 5) is 23.3. The predicted octanol–water partition coefficient (Wildman–Crippen LogP) is 6.55. The summed E-state index contributed by atoms with van der Waals surface area (Å²) in [5, 5.41) is 17.6. The Balaban J connectivity index is 2.40. The third-order valence-corrected chi connectivity index (χ3v) is 7.32. The number of hydrazone groups is 1. The normalized spacial score (nSPS) is 17.1. The fourth-order valence-corrected chi connectivity index (χ4v) is 4.82. The lowest BCUT2D eigenvalue weighted by molar-refractivity contribution is -0.111. The number of carbonyl (C=O) groups excluding carboxylic acids is 2. The maximum absolute atomic E-state index is 12.1. The number of unbranched alkanes of at least 4 members (excludes halogenated alkanes) is 11. The number of ketones is 1. The maximum atomic E-state index is 12.1. The van der Waals surface area contributed by atoms with E-state index in [1.54, 1.807) is 6.08 Å². The van der Waals surface area contributed by atoms with Crippen LogP contribution in [0.15, 0.2) is 28.9 Å². The molecular weight excluding hydrogens is 490 g/mol. The summed E-state index contributed by atoms with van der Waals surface area (Å²) in [5.41, 5.74) is 3.44. The van der Waals surface area contributed by atoms with Crippen LogP contribution in [0.5, 0.6) is 0 Å². The maximum Gasteiger partial charge on any atom is 0.179 e. The van der Waals surface area contributed by atoms with E-state index in [0.29, 0.717) is 31.2 Å². The Kier molecular flexibility index (Phi) is 21.7. The van der Waals surface area contributed by atoms with E-state index in [-0.39, 0.29) is 17.5 Å². The standard InChI is InChI=1S/C32H57N3O4/c1-4-6-8-10-12-14-16-22-29(21-15-13-11-9-7-5-2)39-25-19-24-33-32(38)31(27(3)37)35-34-30-23-18-17-20-28(30)26-36/h17-18,20,26,29-30,32-34,38H,4-16,19,21-25H2,1-3H3/b35-31-. The molecule has 0 saturated carbocycles. The van der Waals surface area contributed by atoms with Gasteiger partial charge in [-0.25, -0.2) is 0 Å². The SMILES string of the molecule is CCCCCCCCCC(CCCCCCCC)OCCCNC(O)/C(=N\NC1CC=CC=C1C=O)C(C)=O. The predicted molar refractivity (Wildman–Crippen MR) is 162 cm³/mol. The molecule has 7 nitrogen and oxygen atoms in total. The van der Waals surface area contributed by atoms with Crippen LogP contribution in [0.1, 0.15) is 130 Å². The summed E-state index contributed by atoms with van der Waals surface area (Å²) >= 11 is 0. The van der Waals surface area contributed by atoms with Gasteiger partial charge < -0.3 is 15.3 Å². The van der Waals surface area contributed by atoms with Gasteiger partial charge in [-0.2, -0.15) is 5.10 Å². The number of hydrogen-bond donors (Lipinski definition) is 3. The Morgan fingerprint density at radius 2 is 1.59 bits per heavy atom. The Labute approximate surface area is 238 Å². The largest absolute Gasteiger partial charge is 0.378 e. The van der Waals surface area contributed by atoms with Crippen LogP contribution in [0.4, 0.5) is 0 Å². The van der Waals surface area contributed by atoms with Crippen molar-refractivity contribution in [2.24, 2.45) is 5.10 Å². The second kappa shape index (κ2) is 24.0. The number of nitrogens with zero attached hydrogens (tertiary/aromatic N) is 1. The minimum Gasteiger partial charge on any atom is -0.378 e. The minimum atomic E-state index is -1.18. The molecule has 224 valence electrons. The van der Waals surface area contributed by atoms with Crippen molar-refractivity contribution >= 4 is 17.8 Å². The molecule has 0 amide bonds. The monoisotopic (exact) mass is 547 g/mol. The lowest BCUT2D eigenvalue weighted by Gasteiger charge is -2.20. The van der Waals surface area contributed by atoms with Crippen molar-refractivity contribution < 1.29 is 19.4 Å². The summed E-state index contributed by atoms with van der Waals surface area (Å²) in [7, 11) is 0. The van der Waals surface area contributed by atoms with Crippen molar-refractivity contribution in [1.29, 1.82) is 0 Å². The van der Waals surface area contributed by atoms with Crippen LogP contribution in [0.3, 0.4) is 0 Å². The molecule has 0 fully saturated rings. The molecule has 0 aromatic carbocycles. The second-order valence-corrected chi connectivity index (χ2v) is 10.9. The smallest absolute Gasteiger partial charge is 0.179 e. The molecule has 3 unspecified atom stereocenters. The Morgan fingerprint density at radius 1 is 1.00 bits per heavy atom. The molecule has 7 heteroatoms. The third kappa shape index (κ3) is 17.5. The number of rotatable bonds is 26. The Bertz CT molecular complexity index is 735. The molecule has 0 spiro atoms. The topological polar surface area (TPSA) is 100 Å². The summed E-state index contributed by atoms with van der Waals surface area (Å²) in [5.74, 6) is -0.324. The first kappa shape index (κ1) is 35.2. The van der Waals surface area contributed by atoms with Gasteiger partial charge in [0.1, 0.15) is 12.0 Å². The van der Waals surface area contributed by atoms with Crippen LogP contribution in [-0.4, -0.2) is 54.4 Å². The van der Waals surface area contributed by atoms with E-state index in [2.05, 4.69) is 29.7 Å². The molecule has 3 N–H and O–H groups in total. The van der Waals surface area contributed by atoms with E-state index in [9.17, 15) is 14.7 Å². The van der Waals surface area contributed by atoms with Gasteiger partial charge in [-0.05, 0) is 25.7 Å². The van der Waals surface area contributed by atoms with Gasteiger partial charge in [0, 0.05) is 25.6 Å². The van der Waals surface area contributed by atoms with Crippen molar-refractivity contribution in [3.05, 3.63) is 23.8 Å². The number of aliphatic hydroxyl groups excluding tert-OH is 1. The van der Waals surface area contributed by atoms with Crippen molar-refractivity contribution in [3.8, 4) is 0 Å². The summed E-state index contributed by atoms with van der Waals surface area (Å²) in [6, 6.07) is -0.303. The molecule has 0 saturated heterocycles. The van der Waals surface area contributed by atoms with Crippen molar-refractivity contribution in [2.75, 3.05) is 13.2 Å². The molecule has 0 aliphatic heterocycles. The molecule has 1 aliphatic rings. The van der Waals surface area contributed by atoms with Gasteiger partial charge in [0.15, 0.2) is 12.0 Å². The van der Waals surface area contributed by atoms with E-state index >= 15 is 0 Å². The first-order valence-corrected chi connectivity index (χ1v) is 15.7. The van der Waals surface area contributed by atoms with Gasteiger partial charge in [-0.15, -0.1) is 0 Å². The third-order valence-electron chi connectivity index (χ3n) is 7.32. The van der Waals surface area contributed by atoms with Crippen molar-refractivity contribution in [2.45, 2.75) is 148 Å². The molecule has 0 heterocycles. The molecule has 1 aliphatic carbocycles. The summed E-state index contributed by atoms with van der Waals surface area (Å²) < 4.78 is 6.28. The number of Topliss-reactive ketones (excluding diaryl/α,β-unsaturated/α-hetero) is 1. The zero-order valence-electron chi connectivity index (χ0n) is 25.1. The van der Waals surface area contributed by atoms with E-state index in [0.717, 1.165) is 25.5 Å². The molecule has 0 aromatic heterocycles. The minimum absolute atomic E-state index is 0.00982. The van der Waals surface area contributed by atoms with Gasteiger partial charge in [0.05, 0.1) is 12.1 Å². The molecule has 39 heavy (non-hydrogen) atoms. The average Bonchev–Trinajstić information content (AvgIpc) is 2.93. The highest BCUT2D eigenvalue weighted by Gasteiger charge is 2.19. The van der Waals surface area contributed by atoms with Crippen molar-refractivity contribution in [1.82, 2.24) is 10.7 Å². The quantitative estimate of drug-likeness (QED) is 0.0373. The average molecular weight is 548 g/mol. The van der Waals surface area contributed by atoms with E-state index in [1.807, 2.05) is 12.2 Å². The van der Waals surface area contributed by atoms with Gasteiger partial charge in [-0.3, -0.25) is 14.9 Å². The first-order valence-electron chi connectivity index (χ1n) is 15.7. The first-order chi connectivity index (χ1) is 19.0. The van der Waals surface area contributed by atoms with E-state index in [1.165, 1.54) is 90.4 Å². The number of nitrogens with one attached hydrogen (secondary N) is 2. The zero-order valence-corrected chi connectivity index (χ0v) is 25.1. The van der Waals surface area contributed by atoms with Crippen LogP contribution in [0, 0.1) is 0 Å². The zero-order chi connectivity index (χ0) is 28.6. The number of ether oxygens (including phenoxy) is 1. The van der Waals surface area contributed by atoms with Crippen LogP contribution in [0.25, 0.3) is 0 Å². The summed E-state index contributed by atoms with van der Waals surface area (Å²) in [6.45, 7) is 7.03. The molecule has 0 bridgehead atoms. The van der Waals surface area contributed by atoms with E-state index < -0.39 is 6.23 Å². The molecule has 0 radical (unpaired) electrons. The second-order valence-electron chi connectivity index (χ2n) is 10.9. The van der Waals surface area contributed by atoms with Crippen LogP contribution in [-0.2, 0) is 14.3 Å². The highest BCUT2D eigenvalue weighted by molar-refractivity contribution is 6.40. The number of aldehydes is 1. The van der Waals surface area contributed by atoms with Gasteiger partial charge in [0.25, 0.3) is 0 Å². The Morgan fingerprint density at radius 3 is 2.15 bits per heavy atom. The number of allylic oxidation sites excluding steroid dienone is 2. The molecular formula is C32H57N3O4. The van der Waals surface area contributed by atoms with E-state index in [4.69, 9.17) is 4.74 Å². The fraction of sp³-hybridized carbons (Fsp3) is 0.781. The van der Waals surface area contributed by atoms with Crippen LogP contribution < -0.4 is 10.7 Å². The fourth-order valence-electron chi connectivity index (χ4n) is 4.82. The molecule has 0 aromatic rings. The highest BCUT2D eigenvalue weighted by atomic mass is 16.5. The molecule has 3 atom stereocenters. The van der Waals surface area contributed by atoms with Gasteiger partial charge in [-0.1, -0.05) is 116 Å². The Hall–Kier alpha value is -1.83. The lowest BCUT2D eigenvalue weighted by atomic mass is 10.0. The van der Waals surface area contributed by atoms with Crippen LogP contribution >= 0.6 is 0 Å².